The maximum absolute atomic E-state index is 13.7. The fourth-order valence-electron chi connectivity index (χ4n) is 2.49. The first-order valence-electron chi connectivity index (χ1n) is 7.17. The quantitative estimate of drug-likeness (QED) is 0.847. The molecule has 20 heavy (non-hydrogen) atoms. The van der Waals surface area contributed by atoms with Crippen molar-refractivity contribution < 1.29 is 8.81 Å². The van der Waals surface area contributed by atoms with Crippen molar-refractivity contribution in [3.63, 3.8) is 0 Å². The molecule has 1 saturated carbocycles. The first kappa shape index (κ1) is 14.1. The largest absolute Gasteiger partial charge is 0.459 e. The number of fused-ring (bicyclic) bond motifs is 1. The molecular formula is C16H19BrFNO. The average molecular weight is 340 g/mol. The van der Waals surface area contributed by atoms with Crippen molar-refractivity contribution in [2.75, 3.05) is 0 Å². The van der Waals surface area contributed by atoms with Gasteiger partial charge in [-0.15, -0.1) is 0 Å². The van der Waals surface area contributed by atoms with E-state index in [1.165, 1.54) is 24.5 Å². The smallest absolute Gasteiger partial charge is 0.141 e. The molecule has 2 aromatic rings. The van der Waals surface area contributed by atoms with Gasteiger partial charge in [-0.1, -0.05) is 13.8 Å². The highest BCUT2D eigenvalue weighted by atomic mass is 79.9. The van der Waals surface area contributed by atoms with Crippen molar-refractivity contribution in [2.45, 2.75) is 45.7 Å². The third kappa shape index (κ3) is 2.91. The summed E-state index contributed by atoms with van der Waals surface area (Å²) in [7, 11) is 0. The van der Waals surface area contributed by atoms with Crippen LogP contribution in [0.5, 0.6) is 0 Å². The molecule has 0 saturated heterocycles. The Balaban J connectivity index is 2.01. The number of benzene rings is 1. The first-order valence-corrected chi connectivity index (χ1v) is 7.96. The van der Waals surface area contributed by atoms with E-state index in [2.05, 4.69) is 35.1 Å². The summed E-state index contributed by atoms with van der Waals surface area (Å²) in [4.78, 5) is 0. The van der Waals surface area contributed by atoms with Crippen LogP contribution in [-0.4, -0.2) is 6.04 Å². The molecule has 0 bridgehead atoms. The summed E-state index contributed by atoms with van der Waals surface area (Å²) < 4.78 is 20.0. The van der Waals surface area contributed by atoms with Crippen molar-refractivity contribution >= 4 is 26.9 Å². The van der Waals surface area contributed by atoms with Gasteiger partial charge in [0.2, 0.25) is 0 Å². The SMILES string of the molecule is CC(C)Cc1c(CNC2CC2)oc2cc(F)c(Br)cc12. The first-order chi connectivity index (χ1) is 9.54. The van der Waals surface area contributed by atoms with Crippen LogP contribution in [0.2, 0.25) is 0 Å². The van der Waals surface area contributed by atoms with E-state index in [0.717, 1.165) is 24.1 Å². The molecule has 1 aromatic heterocycles. The van der Waals surface area contributed by atoms with Gasteiger partial charge in [0, 0.05) is 23.1 Å². The third-order valence-electron chi connectivity index (χ3n) is 3.66. The van der Waals surface area contributed by atoms with Crippen molar-refractivity contribution in [2.24, 2.45) is 5.92 Å². The molecule has 0 radical (unpaired) electrons. The van der Waals surface area contributed by atoms with Crippen LogP contribution >= 0.6 is 15.9 Å². The second kappa shape index (κ2) is 5.49. The number of hydrogen-bond acceptors (Lipinski definition) is 2. The third-order valence-corrected chi connectivity index (χ3v) is 4.27. The Morgan fingerprint density at radius 3 is 2.80 bits per heavy atom. The van der Waals surface area contributed by atoms with Gasteiger partial charge < -0.3 is 9.73 Å². The lowest BCUT2D eigenvalue weighted by Gasteiger charge is -2.07. The molecule has 1 aromatic carbocycles. The van der Waals surface area contributed by atoms with Crippen molar-refractivity contribution in [1.29, 1.82) is 0 Å². The molecule has 1 heterocycles. The number of nitrogens with one attached hydrogen (secondary N) is 1. The highest BCUT2D eigenvalue weighted by molar-refractivity contribution is 9.10. The predicted octanol–water partition coefficient (Wildman–Crippen LogP) is 4.78. The van der Waals surface area contributed by atoms with Gasteiger partial charge in [0.1, 0.15) is 17.2 Å². The second-order valence-corrected chi connectivity index (χ2v) is 6.87. The van der Waals surface area contributed by atoms with E-state index < -0.39 is 0 Å². The van der Waals surface area contributed by atoms with Crippen LogP contribution in [0, 0.1) is 11.7 Å². The maximum Gasteiger partial charge on any atom is 0.141 e. The van der Waals surface area contributed by atoms with Gasteiger partial charge in [0.15, 0.2) is 0 Å². The van der Waals surface area contributed by atoms with Crippen LogP contribution in [-0.2, 0) is 13.0 Å². The lowest BCUT2D eigenvalue weighted by atomic mass is 10.00. The molecule has 1 aliphatic carbocycles. The van der Waals surface area contributed by atoms with Gasteiger partial charge >= 0.3 is 0 Å². The van der Waals surface area contributed by atoms with E-state index in [1.54, 1.807) is 0 Å². The molecule has 3 rings (SSSR count). The van der Waals surface area contributed by atoms with Crippen molar-refractivity contribution in [3.05, 3.63) is 33.7 Å². The number of rotatable bonds is 5. The van der Waals surface area contributed by atoms with E-state index in [4.69, 9.17) is 4.42 Å². The van der Waals surface area contributed by atoms with Gasteiger partial charge in [0.25, 0.3) is 0 Å². The summed E-state index contributed by atoms with van der Waals surface area (Å²) in [5.41, 5.74) is 1.86. The van der Waals surface area contributed by atoms with E-state index in [9.17, 15) is 4.39 Å². The normalized spacial score (nSPS) is 15.4. The van der Waals surface area contributed by atoms with Gasteiger partial charge in [-0.2, -0.15) is 0 Å². The standard InChI is InChI=1S/C16H19BrFNO/c1-9(2)5-11-12-6-13(17)14(18)7-15(12)20-16(11)8-19-10-3-4-10/h6-7,9-10,19H,3-5,8H2,1-2H3. The highest BCUT2D eigenvalue weighted by Crippen LogP contribution is 2.32. The summed E-state index contributed by atoms with van der Waals surface area (Å²) >= 11 is 3.27. The summed E-state index contributed by atoms with van der Waals surface area (Å²) in [5, 5.41) is 4.50. The molecule has 1 fully saturated rings. The minimum atomic E-state index is -0.274. The molecule has 108 valence electrons. The zero-order chi connectivity index (χ0) is 14.3. The molecular weight excluding hydrogens is 321 g/mol. The zero-order valence-electron chi connectivity index (χ0n) is 11.8. The fourth-order valence-corrected chi connectivity index (χ4v) is 2.84. The van der Waals surface area contributed by atoms with Crippen LogP contribution in [0.3, 0.4) is 0 Å². The Labute approximate surface area is 126 Å². The molecule has 4 heteroatoms. The van der Waals surface area contributed by atoms with Crippen LogP contribution in [0.25, 0.3) is 11.0 Å². The Morgan fingerprint density at radius 1 is 1.40 bits per heavy atom. The molecule has 0 spiro atoms. The zero-order valence-corrected chi connectivity index (χ0v) is 13.4. The summed E-state index contributed by atoms with van der Waals surface area (Å²) in [6, 6.07) is 3.95. The molecule has 0 amide bonds. The summed E-state index contributed by atoms with van der Waals surface area (Å²) in [5.74, 6) is 1.22. The van der Waals surface area contributed by atoms with Crippen LogP contribution < -0.4 is 5.32 Å². The van der Waals surface area contributed by atoms with Gasteiger partial charge in [-0.05, 0) is 47.2 Å². The molecule has 1 aliphatic rings. The Morgan fingerprint density at radius 2 is 2.15 bits per heavy atom. The lowest BCUT2D eigenvalue weighted by molar-refractivity contribution is 0.498. The highest BCUT2D eigenvalue weighted by Gasteiger charge is 2.23. The maximum atomic E-state index is 13.7. The molecule has 2 nitrogen and oxygen atoms in total. The van der Waals surface area contributed by atoms with Crippen molar-refractivity contribution in [1.82, 2.24) is 5.32 Å². The summed E-state index contributed by atoms with van der Waals surface area (Å²) in [6.07, 6.45) is 3.45. The Kier molecular flexibility index (Phi) is 3.87. The predicted molar refractivity (Wildman–Crippen MR) is 82.3 cm³/mol. The summed E-state index contributed by atoms with van der Waals surface area (Å²) in [6.45, 7) is 5.12. The van der Waals surface area contributed by atoms with E-state index in [-0.39, 0.29) is 5.82 Å². The number of furan rings is 1. The molecule has 0 atom stereocenters. The van der Waals surface area contributed by atoms with Gasteiger partial charge in [0.05, 0.1) is 11.0 Å². The topological polar surface area (TPSA) is 25.2 Å². The lowest BCUT2D eigenvalue weighted by Crippen LogP contribution is -2.16. The van der Waals surface area contributed by atoms with Gasteiger partial charge in [-0.25, -0.2) is 4.39 Å². The molecule has 0 aliphatic heterocycles. The van der Waals surface area contributed by atoms with E-state index >= 15 is 0 Å². The monoisotopic (exact) mass is 339 g/mol. The minimum absolute atomic E-state index is 0.274. The fraction of sp³-hybridized carbons (Fsp3) is 0.500. The van der Waals surface area contributed by atoms with E-state index in [0.29, 0.717) is 22.0 Å². The Bertz CT molecular complexity index is 631. The van der Waals surface area contributed by atoms with Crippen LogP contribution in [0.15, 0.2) is 21.0 Å². The van der Waals surface area contributed by atoms with Crippen LogP contribution in [0.4, 0.5) is 4.39 Å². The van der Waals surface area contributed by atoms with Crippen LogP contribution in [0.1, 0.15) is 38.0 Å². The second-order valence-electron chi connectivity index (χ2n) is 6.02. The van der Waals surface area contributed by atoms with Gasteiger partial charge in [-0.3, -0.25) is 0 Å². The molecule has 1 N–H and O–H groups in total. The number of halogens is 2. The van der Waals surface area contributed by atoms with Crippen molar-refractivity contribution in [3.8, 4) is 0 Å². The Hall–Kier alpha value is -0.870. The number of hydrogen-bond donors (Lipinski definition) is 1. The molecule has 0 unspecified atom stereocenters. The minimum Gasteiger partial charge on any atom is -0.459 e. The van der Waals surface area contributed by atoms with E-state index in [1.807, 2.05) is 6.07 Å². The average Bonchev–Trinajstić information content (AvgIpc) is 3.15.